The van der Waals surface area contributed by atoms with E-state index in [0.717, 1.165) is 6.20 Å². The van der Waals surface area contributed by atoms with Crippen LogP contribution in [-0.2, 0) is 10.1 Å². The van der Waals surface area contributed by atoms with Crippen molar-refractivity contribution in [2.75, 3.05) is 0 Å². The van der Waals surface area contributed by atoms with Crippen molar-refractivity contribution in [2.24, 2.45) is 0 Å². The second-order valence-electron chi connectivity index (χ2n) is 1.66. The van der Waals surface area contributed by atoms with Gasteiger partial charge in [-0.1, -0.05) is 0 Å². The van der Waals surface area contributed by atoms with Crippen molar-refractivity contribution in [3.05, 3.63) is 24.5 Å². The predicted molar refractivity (Wildman–Crippen MR) is 37.7 cm³/mol. The molecule has 0 aliphatic heterocycles. The van der Waals surface area contributed by atoms with Gasteiger partial charge in [0.1, 0.15) is 4.90 Å². The number of nitrogens with zero attached hydrogens (tertiary/aromatic N) is 1. The third-order valence-corrected chi connectivity index (χ3v) is 1.77. The van der Waals surface area contributed by atoms with Crippen LogP contribution in [0.15, 0.2) is 29.4 Å². The average Bonchev–Trinajstić information content (AvgIpc) is 1.88. The standard InChI is InChI=1S/C5H5NO3S.H2O/c7-10(8,9)5-2-1-3-6-4-5;/h1-4H,(H,7,8,9);1H2. The van der Waals surface area contributed by atoms with E-state index in [2.05, 4.69) is 4.98 Å². The molecule has 5 nitrogen and oxygen atoms in total. The van der Waals surface area contributed by atoms with Gasteiger partial charge in [0.15, 0.2) is 0 Å². The van der Waals surface area contributed by atoms with Crippen molar-refractivity contribution in [1.82, 2.24) is 4.98 Å². The van der Waals surface area contributed by atoms with E-state index in [0.29, 0.717) is 0 Å². The first kappa shape index (κ1) is 10.0. The summed E-state index contributed by atoms with van der Waals surface area (Å²) >= 11 is 0. The molecule has 0 aromatic carbocycles. The van der Waals surface area contributed by atoms with Crippen molar-refractivity contribution in [2.45, 2.75) is 4.90 Å². The van der Waals surface area contributed by atoms with Gasteiger partial charge in [0.2, 0.25) is 0 Å². The number of hydrogen-bond acceptors (Lipinski definition) is 3. The molecule has 0 atom stereocenters. The van der Waals surface area contributed by atoms with Gasteiger partial charge in [0, 0.05) is 12.4 Å². The van der Waals surface area contributed by atoms with E-state index in [9.17, 15) is 8.42 Å². The molecule has 0 radical (unpaired) electrons. The van der Waals surface area contributed by atoms with Gasteiger partial charge in [0.25, 0.3) is 10.1 Å². The molecule has 0 spiro atoms. The Labute approximate surface area is 63.8 Å². The second kappa shape index (κ2) is 3.42. The van der Waals surface area contributed by atoms with Crippen molar-refractivity contribution in [1.29, 1.82) is 0 Å². The van der Waals surface area contributed by atoms with Gasteiger partial charge in [-0.3, -0.25) is 9.54 Å². The van der Waals surface area contributed by atoms with Crippen LogP contribution < -0.4 is 0 Å². The second-order valence-corrected chi connectivity index (χ2v) is 3.09. The Morgan fingerprint density at radius 1 is 1.45 bits per heavy atom. The minimum atomic E-state index is -4.07. The highest BCUT2D eigenvalue weighted by molar-refractivity contribution is 7.85. The van der Waals surface area contributed by atoms with Crippen LogP contribution in [0, 0.1) is 0 Å². The van der Waals surface area contributed by atoms with Gasteiger partial charge >= 0.3 is 0 Å². The summed E-state index contributed by atoms with van der Waals surface area (Å²) in [7, 11) is -4.07. The maximum Gasteiger partial charge on any atom is 0.296 e. The largest absolute Gasteiger partial charge is 0.412 e. The molecule has 1 rings (SSSR count). The molecule has 1 aromatic rings. The molecular formula is C5H7NO4S. The number of rotatable bonds is 1. The first-order chi connectivity index (χ1) is 4.61. The maximum absolute atomic E-state index is 10.3. The van der Waals surface area contributed by atoms with Crippen LogP contribution >= 0.6 is 0 Å². The molecule has 0 saturated carbocycles. The van der Waals surface area contributed by atoms with Crippen molar-refractivity contribution < 1.29 is 18.4 Å². The normalized spacial score (nSPS) is 10.3. The number of aromatic nitrogens is 1. The van der Waals surface area contributed by atoms with E-state index < -0.39 is 10.1 Å². The molecule has 0 bridgehead atoms. The lowest BCUT2D eigenvalue weighted by atomic mass is 10.5. The molecule has 1 heterocycles. The summed E-state index contributed by atoms with van der Waals surface area (Å²) in [4.78, 5) is 3.33. The van der Waals surface area contributed by atoms with Crippen LogP contribution in [0.2, 0.25) is 0 Å². The van der Waals surface area contributed by atoms with E-state index in [1.54, 1.807) is 0 Å². The summed E-state index contributed by atoms with van der Waals surface area (Å²) in [5.41, 5.74) is 0. The highest BCUT2D eigenvalue weighted by Crippen LogP contribution is 2.03. The summed E-state index contributed by atoms with van der Waals surface area (Å²) in [6.45, 7) is 0. The monoisotopic (exact) mass is 177 g/mol. The summed E-state index contributed by atoms with van der Waals surface area (Å²) in [5.74, 6) is 0. The Kier molecular flexibility index (Phi) is 3.12. The van der Waals surface area contributed by atoms with Gasteiger partial charge in [0.05, 0.1) is 0 Å². The molecule has 0 fully saturated rings. The summed E-state index contributed by atoms with van der Waals surface area (Å²) < 4.78 is 29.1. The first-order valence-corrected chi connectivity index (χ1v) is 3.92. The summed E-state index contributed by atoms with van der Waals surface area (Å²) in [6, 6.07) is 2.70. The molecular weight excluding hydrogens is 170 g/mol. The topological polar surface area (TPSA) is 98.8 Å². The van der Waals surface area contributed by atoms with Crippen LogP contribution in [-0.4, -0.2) is 23.4 Å². The molecule has 11 heavy (non-hydrogen) atoms. The Morgan fingerprint density at radius 2 is 2.09 bits per heavy atom. The number of hydrogen-bond donors (Lipinski definition) is 1. The molecule has 3 N–H and O–H groups in total. The minimum absolute atomic E-state index is 0. The molecule has 0 aliphatic rings. The molecule has 0 aliphatic carbocycles. The third-order valence-electron chi connectivity index (χ3n) is 0.932. The van der Waals surface area contributed by atoms with Crippen LogP contribution in [0.3, 0.4) is 0 Å². The zero-order valence-corrected chi connectivity index (χ0v) is 6.25. The van der Waals surface area contributed by atoms with Crippen LogP contribution in [0.4, 0.5) is 0 Å². The van der Waals surface area contributed by atoms with Crippen molar-refractivity contribution in [3.8, 4) is 0 Å². The fourth-order valence-electron chi connectivity index (χ4n) is 0.500. The lowest BCUT2D eigenvalue weighted by Crippen LogP contribution is -1.97. The Bertz CT molecular complexity index is 307. The van der Waals surface area contributed by atoms with Crippen LogP contribution in [0.5, 0.6) is 0 Å². The average molecular weight is 177 g/mol. The molecule has 62 valence electrons. The molecule has 0 unspecified atom stereocenters. The lowest BCUT2D eigenvalue weighted by Gasteiger charge is -1.91. The van der Waals surface area contributed by atoms with Crippen LogP contribution in [0.1, 0.15) is 0 Å². The van der Waals surface area contributed by atoms with E-state index in [1.807, 2.05) is 0 Å². The van der Waals surface area contributed by atoms with E-state index in [1.165, 1.54) is 18.3 Å². The lowest BCUT2D eigenvalue weighted by molar-refractivity contribution is 0.483. The zero-order valence-electron chi connectivity index (χ0n) is 5.43. The highest BCUT2D eigenvalue weighted by atomic mass is 32.2. The van der Waals surface area contributed by atoms with Gasteiger partial charge < -0.3 is 5.48 Å². The molecule has 1 aromatic heterocycles. The van der Waals surface area contributed by atoms with Crippen LogP contribution in [0.25, 0.3) is 0 Å². The molecule has 0 amide bonds. The maximum atomic E-state index is 10.3. The van der Waals surface area contributed by atoms with E-state index >= 15 is 0 Å². The highest BCUT2D eigenvalue weighted by Gasteiger charge is 2.06. The van der Waals surface area contributed by atoms with Crippen molar-refractivity contribution in [3.63, 3.8) is 0 Å². The summed E-state index contributed by atoms with van der Waals surface area (Å²) in [5, 5.41) is 0. The predicted octanol–water partition coefficient (Wildman–Crippen LogP) is -0.496. The van der Waals surface area contributed by atoms with Gasteiger partial charge in [-0.2, -0.15) is 8.42 Å². The smallest absolute Gasteiger partial charge is 0.296 e. The minimum Gasteiger partial charge on any atom is -0.412 e. The van der Waals surface area contributed by atoms with Gasteiger partial charge in [-0.05, 0) is 12.1 Å². The van der Waals surface area contributed by atoms with Crippen molar-refractivity contribution >= 4 is 10.1 Å². The zero-order chi connectivity index (χ0) is 7.61. The van der Waals surface area contributed by atoms with Gasteiger partial charge in [-0.25, -0.2) is 0 Å². The SMILES string of the molecule is O.O=S(=O)(O)c1cccnc1. The van der Waals surface area contributed by atoms with E-state index in [-0.39, 0.29) is 10.4 Å². The fraction of sp³-hybridized carbons (Fsp3) is 0. The summed E-state index contributed by atoms with van der Waals surface area (Å²) in [6.07, 6.45) is 2.50. The Morgan fingerprint density at radius 3 is 2.36 bits per heavy atom. The van der Waals surface area contributed by atoms with Gasteiger partial charge in [-0.15, -0.1) is 0 Å². The first-order valence-electron chi connectivity index (χ1n) is 2.48. The third kappa shape index (κ3) is 2.62. The Balaban J connectivity index is 0.000001000. The number of pyridine rings is 1. The van der Waals surface area contributed by atoms with E-state index in [4.69, 9.17) is 4.55 Å². The fourth-order valence-corrected chi connectivity index (χ4v) is 0.944. The molecule has 0 saturated heterocycles. The molecule has 6 heteroatoms. The Hall–Kier alpha value is -0.980. The quantitative estimate of drug-likeness (QED) is 0.584.